The van der Waals surface area contributed by atoms with Gasteiger partial charge in [-0.15, -0.1) is 0 Å². The quantitative estimate of drug-likeness (QED) is 0.212. The number of rotatable bonds is 7. The number of nitrogens with one attached hydrogen (secondary N) is 1. The first kappa shape index (κ1) is 29.0. The molecule has 0 heterocycles. The molecule has 2 rings (SSSR count). The Morgan fingerprint density at radius 2 is 1.57 bits per heavy atom. The second-order valence-electron chi connectivity index (χ2n) is 7.62. The Kier molecular flexibility index (Phi) is 9.30. The summed E-state index contributed by atoms with van der Waals surface area (Å²) in [4.78, 5) is 24.1. The number of halogens is 9. The predicted octanol–water partition coefficient (Wildman–Crippen LogP) is 7.98. The predicted molar refractivity (Wildman–Crippen MR) is 123 cm³/mol. The van der Waals surface area contributed by atoms with Crippen LogP contribution in [-0.4, -0.2) is 24.9 Å². The Morgan fingerprint density at radius 3 is 2.06 bits per heavy atom. The SMILES string of the molecule is CNC(=O)C(C)CC(=O)c1ccc(/C=C/C(c2cc(Cl)c(Cl)c(Cl)c2)C(F)(F)F)cc1C(F)(F)F. The van der Waals surface area contributed by atoms with Gasteiger partial charge in [0, 0.05) is 24.9 Å². The lowest BCUT2D eigenvalue weighted by atomic mass is 9.93. The van der Waals surface area contributed by atoms with Crippen LogP contribution in [0.5, 0.6) is 0 Å². The van der Waals surface area contributed by atoms with Crippen molar-refractivity contribution in [2.45, 2.75) is 31.6 Å². The van der Waals surface area contributed by atoms with E-state index in [2.05, 4.69) is 5.32 Å². The number of allylic oxidation sites excluding steroid dienone is 1. The Labute approximate surface area is 212 Å². The van der Waals surface area contributed by atoms with Crippen LogP contribution in [0.15, 0.2) is 36.4 Å². The lowest BCUT2D eigenvalue weighted by molar-refractivity contribution is -0.139. The standard InChI is InChI=1S/C23H18Cl3F6NO2/c1-11(21(35)33-2)7-19(34)14-5-3-12(8-16(14)23(30,31)32)4-6-15(22(27,28)29)13-9-17(24)20(26)18(25)10-13/h3-6,8-11,15H,7H2,1-2H3,(H,33,35)/b6-4+. The van der Waals surface area contributed by atoms with Crippen molar-refractivity contribution in [2.24, 2.45) is 5.92 Å². The van der Waals surface area contributed by atoms with Gasteiger partial charge in [-0.3, -0.25) is 9.59 Å². The van der Waals surface area contributed by atoms with Crippen molar-refractivity contribution in [3.05, 3.63) is 73.7 Å². The minimum Gasteiger partial charge on any atom is -0.359 e. The van der Waals surface area contributed by atoms with E-state index in [-0.39, 0.29) is 26.2 Å². The van der Waals surface area contributed by atoms with Crippen molar-refractivity contribution in [2.75, 3.05) is 7.05 Å². The first-order valence-corrected chi connectivity index (χ1v) is 11.0. The van der Waals surface area contributed by atoms with E-state index in [1.54, 1.807) is 0 Å². The molecule has 1 amide bonds. The first-order valence-electron chi connectivity index (χ1n) is 9.91. The highest BCUT2D eigenvalue weighted by atomic mass is 35.5. The molecule has 0 radical (unpaired) electrons. The largest absolute Gasteiger partial charge is 0.417 e. The van der Waals surface area contributed by atoms with Crippen molar-refractivity contribution in [3.63, 3.8) is 0 Å². The molecule has 1 N–H and O–H groups in total. The van der Waals surface area contributed by atoms with Crippen molar-refractivity contribution in [3.8, 4) is 0 Å². The smallest absolute Gasteiger partial charge is 0.359 e. The zero-order chi connectivity index (χ0) is 26.7. The number of hydrogen-bond acceptors (Lipinski definition) is 2. The van der Waals surface area contributed by atoms with E-state index in [9.17, 15) is 35.9 Å². The minimum atomic E-state index is -4.97. The summed E-state index contributed by atoms with van der Waals surface area (Å²) < 4.78 is 82.1. The van der Waals surface area contributed by atoms with Gasteiger partial charge in [0.05, 0.1) is 26.5 Å². The number of benzene rings is 2. The molecule has 0 bridgehead atoms. The monoisotopic (exact) mass is 559 g/mol. The molecule has 0 aromatic heterocycles. The molecular weight excluding hydrogens is 543 g/mol. The van der Waals surface area contributed by atoms with Gasteiger partial charge in [-0.1, -0.05) is 66.0 Å². The molecule has 12 heteroatoms. The number of amides is 1. The Balaban J connectivity index is 2.47. The zero-order valence-electron chi connectivity index (χ0n) is 18.1. The maximum atomic E-state index is 13.7. The molecule has 0 spiro atoms. The highest BCUT2D eigenvalue weighted by molar-refractivity contribution is 6.48. The lowest BCUT2D eigenvalue weighted by Crippen LogP contribution is -2.27. The van der Waals surface area contributed by atoms with Crippen LogP contribution in [0.3, 0.4) is 0 Å². The topological polar surface area (TPSA) is 46.2 Å². The summed E-state index contributed by atoms with van der Waals surface area (Å²) in [6.45, 7) is 1.38. The van der Waals surface area contributed by atoms with Gasteiger partial charge < -0.3 is 5.32 Å². The van der Waals surface area contributed by atoms with Crippen LogP contribution in [0.1, 0.15) is 46.3 Å². The molecule has 3 nitrogen and oxygen atoms in total. The van der Waals surface area contributed by atoms with E-state index in [4.69, 9.17) is 34.8 Å². The number of carbonyl (C=O) groups is 2. The van der Waals surface area contributed by atoms with Gasteiger partial charge in [0.15, 0.2) is 5.78 Å². The third-order valence-corrected chi connectivity index (χ3v) is 6.23. The number of ketones is 1. The molecule has 0 saturated heterocycles. The maximum Gasteiger partial charge on any atom is 0.417 e. The van der Waals surface area contributed by atoms with Gasteiger partial charge in [0.2, 0.25) is 5.91 Å². The molecule has 2 aromatic rings. The van der Waals surface area contributed by atoms with E-state index in [0.29, 0.717) is 12.1 Å². The van der Waals surface area contributed by atoms with Gasteiger partial charge in [-0.25, -0.2) is 0 Å². The summed E-state index contributed by atoms with van der Waals surface area (Å²) in [7, 11) is 1.33. The summed E-state index contributed by atoms with van der Waals surface area (Å²) in [5.41, 5.74) is -2.60. The van der Waals surface area contributed by atoms with Crippen LogP contribution >= 0.6 is 34.8 Å². The minimum absolute atomic E-state index is 0.136. The van der Waals surface area contributed by atoms with E-state index in [1.165, 1.54) is 14.0 Å². The van der Waals surface area contributed by atoms with Gasteiger partial charge >= 0.3 is 12.4 Å². The zero-order valence-corrected chi connectivity index (χ0v) is 20.4. The Bertz CT molecular complexity index is 1120. The van der Waals surface area contributed by atoms with Crippen molar-refractivity contribution >= 4 is 52.6 Å². The van der Waals surface area contributed by atoms with Gasteiger partial charge in [0.25, 0.3) is 0 Å². The van der Waals surface area contributed by atoms with Crippen LogP contribution in [-0.2, 0) is 11.0 Å². The lowest BCUT2D eigenvalue weighted by Gasteiger charge is -2.19. The number of carbonyl (C=O) groups excluding carboxylic acids is 2. The average Bonchev–Trinajstić information content (AvgIpc) is 2.75. The molecule has 190 valence electrons. The molecule has 0 saturated carbocycles. The summed E-state index contributed by atoms with van der Waals surface area (Å²) in [5.74, 6) is -4.58. The van der Waals surface area contributed by atoms with Crippen LogP contribution in [0.2, 0.25) is 15.1 Å². The normalized spacial score (nSPS) is 14.1. The Hall–Kier alpha value is -2.23. The second-order valence-corrected chi connectivity index (χ2v) is 8.81. The highest BCUT2D eigenvalue weighted by Gasteiger charge is 2.40. The van der Waals surface area contributed by atoms with Crippen LogP contribution in [0.25, 0.3) is 6.08 Å². The molecular formula is C23H18Cl3F6NO2. The maximum absolute atomic E-state index is 13.7. The van der Waals surface area contributed by atoms with E-state index >= 15 is 0 Å². The fourth-order valence-corrected chi connectivity index (χ4v) is 3.85. The third kappa shape index (κ3) is 7.38. The highest BCUT2D eigenvalue weighted by Crippen LogP contribution is 2.41. The van der Waals surface area contributed by atoms with Gasteiger partial charge in [-0.2, -0.15) is 26.3 Å². The molecule has 0 aliphatic carbocycles. The van der Waals surface area contributed by atoms with Crippen molar-refractivity contribution < 1.29 is 35.9 Å². The van der Waals surface area contributed by atoms with E-state index < -0.39 is 53.4 Å². The third-order valence-electron chi connectivity index (χ3n) is 5.03. The fraction of sp³-hybridized carbons (Fsp3) is 0.304. The summed E-state index contributed by atoms with van der Waals surface area (Å²) in [6.07, 6.45) is -8.76. The fourth-order valence-electron chi connectivity index (χ4n) is 3.24. The molecule has 2 atom stereocenters. The van der Waals surface area contributed by atoms with Crippen LogP contribution in [0.4, 0.5) is 26.3 Å². The average molecular weight is 561 g/mol. The summed E-state index contributed by atoms with van der Waals surface area (Å²) >= 11 is 17.4. The molecule has 0 aliphatic heterocycles. The second kappa shape index (κ2) is 11.2. The number of alkyl halides is 6. The first-order chi connectivity index (χ1) is 16.1. The summed E-state index contributed by atoms with van der Waals surface area (Å²) in [5, 5.41) is 1.73. The van der Waals surface area contributed by atoms with Gasteiger partial charge in [0.1, 0.15) is 0 Å². The van der Waals surface area contributed by atoms with Crippen LogP contribution < -0.4 is 5.32 Å². The van der Waals surface area contributed by atoms with Gasteiger partial charge in [-0.05, 0) is 29.3 Å². The molecule has 0 aliphatic rings. The molecule has 35 heavy (non-hydrogen) atoms. The number of Topliss-reactive ketones (excluding diaryl/α,β-unsaturated/α-hetero) is 1. The summed E-state index contributed by atoms with van der Waals surface area (Å²) in [6, 6.07) is 4.46. The van der Waals surface area contributed by atoms with Crippen molar-refractivity contribution in [1.29, 1.82) is 0 Å². The molecule has 0 fully saturated rings. The van der Waals surface area contributed by atoms with E-state index in [0.717, 1.165) is 30.3 Å². The Morgan fingerprint density at radius 1 is 1.00 bits per heavy atom. The van der Waals surface area contributed by atoms with Crippen molar-refractivity contribution in [1.82, 2.24) is 5.32 Å². The molecule has 2 aromatic carbocycles. The van der Waals surface area contributed by atoms with Crippen LogP contribution in [0, 0.1) is 5.92 Å². The number of hydrogen-bond donors (Lipinski definition) is 1. The molecule has 2 unspecified atom stereocenters. The van der Waals surface area contributed by atoms with E-state index in [1.807, 2.05) is 0 Å².